The van der Waals surface area contributed by atoms with Crippen molar-refractivity contribution in [3.63, 3.8) is 0 Å². The molecule has 3 rings (SSSR count). The summed E-state index contributed by atoms with van der Waals surface area (Å²) in [5.74, 6) is -0.921. The maximum atomic E-state index is 12.3. The first-order chi connectivity index (χ1) is 13.6. The normalized spacial score (nSPS) is 17.7. The minimum absolute atomic E-state index is 0.0927. The van der Waals surface area contributed by atoms with Crippen molar-refractivity contribution in [2.75, 3.05) is 37.7 Å². The van der Waals surface area contributed by atoms with Crippen LogP contribution in [0.4, 0.5) is 11.4 Å². The van der Waals surface area contributed by atoms with Gasteiger partial charge in [-0.1, -0.05) is 19.3 Å². The maximum absolute atomic E-state index is 12.3. The highest BCUT2D eigenvalue weighted by Crippen LogP contribution is 2.31. The molecule has 0 unspecified atom stereocenters. The molecule has 0 saturated carbocycles. The molecule has 0 bridgehead atoms. The average molecular weight is 389 g/mol. The largest absolute Gasteiger partial charge is 0.452 e. The zero-order valence-corrected chi connectivity index (χ0v) is 16.1. The highest BCUT2D eigenvalue weighted by Gasteiger charge is 2.25. The lowest BCUT2D eigenvalue weighted by atomic mass is 10.1. The topological polar surface area (TPSA) is 93.0 Å². The molecular formula is C20H27N3O5. The first kappa shape index (κ1) is 20.1. The summed E-state index contributed by atoms with van der Waals surface area (Å²) < 4.78 is 5.15. The van der Waals surface area contributed by atoms with E-state index in [-0.39, 0.29) is 23.8 Å². The van der Waals surface area contributed by atoms with E-state index in [4.69, 9.17) is 4.74 Å². The van der Waals surface area contributed by atoms with E-state index in [0.717, 1.165) is 51.6 Å². The number of likely N-dealkylation sites (tertiary alicyclic amines) is 1. The van der Waals surface area contributed by atoms with E-state index < -0.39 is 10.9 Å². The molecule has 2 heterocycles. The molecule has 0 aliphatic carbocycles. The number of benzene rings is 1. The standard InChI is InChI=1S/C20H27N3O5/c24-19(22-12-4-2-1-3-5-13-22)15-28-20(25)16-8-9-17(18(14-16)23(26)27)21-10-6-7-11-21/h8-9,14H,1-7,10-13,15H2. The minimum atomic E-state index is -0.712. The highest BCUT2D eigenvalue weighted by molar-refractivity contribution is 5.93. The molecule has 1 aromatic rings. The van der Waals surface area contributed by atoms with Crippen LogP contribution in [0, 0.1) is 10.1 Å². The van der Waals surface area contributed by atoms with Crippen molar-refractivity contribution in [3.8, 4) is 0 Å². The van der Waals surface area contributed by atoms with Crippen molar-refractivity contribution < 1.29 is 19.2 Å². The Morgan fingerprint density at radius 2 is 1.57 bits per heavy atom. The van der Waals surface area contributed by atoms with Gasteiger partial charge in [0.15, 0.2) is 6.61 Å². The van der Waals surface area contributed by atoms with Crippen LogP contribution < -0.4 is 4.90 Å². The minimum Gasteiger partial charge on any atom is -0.452 e. The first-order valence-corrected chi connectivity index (χ1v) is 10.0. The van der Waals surface area contributed by atoms with Crippen LogP contribution in [-0.2, 0) is 9.53 Å². The third-order valence-corrected chi connectivity index (χ3v) is 5.39. The monoisotopic (exact) mass is 389 g/mol. The summed E-state index contributed by atoms with van der Waals surface area (Å²) in [5.41, 5.74) is 0.511. The Morgan fingerprint density at radius 1 is 0.964 bits per heavy atom. The fourth-order valence-corrected chi connectivity index (χ4v) is 3.82. The summed E-state index contributed by atoms with van der Waals surface area (Å²) in [7, 11) is 0. The maximum Gasteiger partial charge on any atom is 0.338 e. The molecule has 1 aromatic carbocycles. The van der Waals surface area contributed by atoms with E-state index in [9.17, 15) is 19.7 Å². The van der Waals surface area contributed by atoms with Gasteiger partial charge in [-0.15, -0.1) is 0 Å². The van der Waals surface area contributed by atoms with Gasteiger partial charge in [0.1, 0.15) is 5.69 Å². The quantitative estimate of drug-likeness (QED) is 0.436. The van der Waals surface area contributed by atoms with Crippen molar-refractivity contribution in [3.05, 3.63) is 33.9 Å². The number of carbonyl (C=O) groups excluding carboxylic acids is 2. The van der Waals surface area contributed by atoms with Gasteiger partial charge in [-0.2, -0.15) is 0 Å². The number of hydrogen-bond acceptors (Lipinski definition) is 6. The van der Waals surface area contributed by atoms with Gasteiger partial charge in [-0.25, -0.2) is 4.79 Å². The lowest BCUT2D eigenvalue weighted by Gasteiger charge is -2.24. The molecule has 2 fully saturated rings. The van der Waals surface area contributed by atoms with Crippen molar-refractivity contribution in [1.29, 1.82) is 0 Å². The molecule has 8 heteroatoms. The molecule has 0 aromatic heterocycles. The Bertz CT molecular complexity index is 723. The van der Waals surface area contributed by atoms with Crippen LogP contribution in [0.1, 0.15) is 55.3 Å². The Balaban J connectivity index is 1.62. The van der Waals surface area contributed by atoms with Gasteiger partial charge in [0, 0.05) is 32.2 Å². The second-order valence-corrected chi connectivity index (χ2v) is 7.38. The zero-order valence-electron chi connectivity index (χ0n) is 16.1. The lowest BCUT2D eigenvalue weighted by Crippen LogP contribution is -2.36. The summed E-state index contributed by atoms with van der Waals surface area (Å²) in [6.45, 7) is 2.59. The molecule has 0 radical (unpaired) electrons. The lowest BCUT2D eigenvalue weighted by molar-refractivity contribution is -0.384. The van der Waals surface area contributed by atoms with Gasteiger partial charge in [-0.3, -0.25) is 14.9 Å². The van der Waals surface area contributed by atoms with Crippen molar-refractivity contribution in [1.82, 2.24) is 4.90 Å². The number of amides is 1. The zero-order chi connectivity index (χ0) is 19.9. The summed E-state index contributed by atoms with van der Waals surface area (Å²) >= 11 is 0. The Morgan fingerprint density at radius 3 is 2.21 bits per heavy atom. The number of esters is 1. The third-order valence-electron chi connectivity index (χ3n) is 5.39. The molecule has 0 spiro atoms. The van der Waals surface area contributed by atoms with E-state index in [1.165, 1.54) is 18.6 Å². The average Bonchev–Trinajstić information content (AvgIpc) is 3.19. The van der Waals surface area contributed by atoms with Crippen LogP contribution in [0.2, 0.25) is 0 Å². The molecule has 152 valence electrons. The number of nitro benzene ring substituents is 1. The van der Waals surface area contributed by atoms with Crippen LogP contribution in [-0.4, -0.2) is 54.5 Å². The van der Waals surface area contributed by atoms with Gasteiger partial charge in [-0.05, 0) is 37.8 Å². The summed E-state index contributed by atoms with van der Waals surface area (Å²) in [4.78, 5) is 39.3. The number of ether oxygens (including phenoxy) is 1. The Labute approximate surface area is 164 Å². The number of anilines is 1. The van der Waals surface area contributed by atoms with E-state index in [0.29, 0.717) is 18.8 Å². The number of carbonyl (C=O) groups is 2. The number of hydrogen-bond donors (Lipinski definition) is 0. The molecule has 2 aliphatic rings. The van der Waals surface area contributed by atoms with Crippen LogP contribution >= 0.6 is 0 Å². The van der Waals surface area contributed by atoms with E-state index in [2.05, 4.69) is 0 Å². The van der Waals surface area contributed by atoms with Crippen molar-refractivity contribution in [2.45, 2.75) is 44.9 Å². The summed E-state index contributed by atoms with van der Waals surface area (Å²) in [6.07, 6.45) is 7.34. The van der Waals surface area contributed by atoms with Crippen LogP contribution in [0.25, 0.3) is 0 Å². The van der Waals surface area contributed by atoms with Gasteiger partial charge in [0.2, 0.25) is 0 Å². The van der Waals surface area contributed by atoms with Crippen LogP contribution in [0.5, 0.6) is 0 Å². The smallest absolute Gasteiger partial charge is 0.338 e. The second kappa shape index (κ2) is 9.52. The first-order valence-electron chi connectivity index (χ1n) is 10.0. The van der Waals surface area contributed by atoms with Gasteiger partial charge < -0.3 is 14.5 Å². The van der Waals surface area contributed by atoms with E-state index >= 15 is 0 Å². The molecule has 0 N–H and O–H groups in total. The number of nitrogens with zero attached hydrogens (tertiary/aromatic N) is 3. The molecule has 2 saturated heterocycles. The van der Waals surface area contributed by atoms with Crippen LogP contribution in [0.15, 0.2) is 18.2 Å². The molecule has 0 atom stereocenters. The third kappa shape index (κ3) is 4.99. The van der Waals surface area contributed by atoms with E-state index in [1.54, 1.807) is 11.0 Å². The fourth-order valence-electron chi connectivity index (χ4n) is 3.82. The summed E-state index contributed by atoms with van der Waals surface area (Å²) in [6, 6.07) is 4.38. The second-order valence-electron chi connectivity index (χ2n) is 7.38. The van der Waals surface area contributed by atoms with Crippen molar-refractivity contribution in [2.24, 2.45) is 0 Å². The summed E-state index contributed by atoms with van der Waals surface area (Å²) in [5, 5.41) is 11.5. The predicted molar refractivity (Wildman–Crippen MR) is 104 cm³/mol. The molecular weight excluding hydrogens is 362 g/mol. The fraction of sp³-hybridized carbons (Fsp3) is 0.600. The SMILES string of the molecule is O=C(OCC(=O)N1CCCCCCC1)c1ccc(N2CCCC2)c([N+](=O)[O-])c1. The van der Waals surface area contributed by atoms with Gasteiger partial charge in [0.25, 0.3) is 11.6 Å². The van der Waals surface area contributed by atoms with E-state index in [1.807, 2.05) is 4.90 Å². The molecule has 28 heavy (non-hydrogen) atoms. The van der Waals surface area contributed by atoms with Crippen molar-refractivity contribution >= 4 is 23.3 Å². The van der Waals surface area contributed by atoms with Gasteiger partial charge in [0.05, 0.1) is 10.5 Å². The molecule has 1 amide bonds. The Hall–Kier alpha value is -2.64. The van der Waals surface area contributed by atoms with Crippen LogP contribution in [0.3, 0.4) is 0 Å². The molecule has 2 aliphatic heterocycles. The Kier molecular flexibility index (Phi) is 6.84. The number of rotatable bonds is 5. The van der Waals surface area contributed by atoms with Gasteiger partial charge >= 0.3 is 5.97 Å². The number of nitro groups is 1. The predicted octanol–water partition coefficient (Wildman–Crippen LogP) is 3.14. The molecule has 8 nitrogen and oxygen atoms in total. The highest BCUT2D eigenvalue weighted by atomic mass is 16.6.